The highest BCUT2D eigenvalue weighted by Crippen LogP contribution is 2.42. The van der Waals surface area contributed by atoms with E-state index in [1.54, 1.807) is 0 Å². The van der Waals surface area contributed by atoms with E-state index in [1.165, 1.54) is 21.9 Å². The summed E-state index contributed by atoms with van der Waals surface area (Å²) in [5.74, 6) is 1.35. The lowest BCUT2D eigenvalue weighted by atomic mass is 9.99. The van der Waals surface area contributed by atoms with Gasteiger partial charge in [-0.25, -0.2) is 9.97 Å². The molecule has 51 heavy (non-hydrogen) atoms. The van der Waals surface area contributed by atoms with Crippen molar-refractivity contribution >= 4 is 65.7 Å². The third-order valence-corrected chi connectivity index (χ3v) is 10.2. The molecule has 4 heterocycles. The van der Waals surface area contributed by atoms with Crippen molar-refractivity contribution in [3.05, 3.63) is 170 Å². The summed E-state index contributed by atoms with van der Waals surface area (Å²) >= 11 is 0. The first kappa shape index (κ1) is 27.9. The number of nitrogens with zero attached hydrogens (tertiary/aromatic N) is 4. The van der Waals surface area contributed by atoms with Crippen molar-refractivity contribution in [1.29, 1.82) is 0 Å². The van der Waals surface area contributed by atoms with Gasteiger partial charge in [-0.05, 0) is 59.7 Å². The lowest BCUT2D eigenvalue weighted by Gasteiger charge is -2.15. The Bertz CT molecular complexity index is 3090. The molecule has 0 fully saturated rings. The van der Waals surface area contributed by atoms with E-state index >= 15 is 0 Å². The van der Waals surface area contributed by atoms with E-state index in [1.807, 2.05) is 18.2 Å². The predicted octanol–water partition coefficient (Wildman–Crippen LogP) is 11.9. The molecular formula is C46H28N4O. The average molecular weight is 653 g/mol. The summed E-state index contributed by atoms with van der Waals surface area (Å²) in [6, 6.07) is 59.5. The SMILES string of the molecule is c1ccc(-c2cccc3c2c2ccccc2n3-c2ccccc2-c2nc(-n3c4ccccc4c4ccccc43)c3oc4ccccc4c3n2)cc1. The van der Waals surface area contributed by atoms with Gasteiger partial charge in [-0.2, -0.15) is 0 Å². The van der Waals surface area contributed by atoms with Gasteiger partial charge in [0.25, 0.3) is 0 Å². The van der Waals surface area contributed by atoms with E-state index in [-0.39, 0.29) is 0 Å². The van der Waals surface area contributed by atoms with E-state index in [4.69, 9.17) is 14.4 Å². The Kier molecular flexibility index (Phi) is 5.89. The zero-order valence-electron chi connectivity index (χ0n) is 27.4. The average Bonchev–Trinajstić information content (AvgIpc) is 3.86. The van der Waals surface area contributed by atoms with Crippen molar-refractivity contribution < 1.29 is 4.42 Å². The standard InChI is InChI=1S/C46H28N4O/c1-2-15-29(16-3-1)30-22-14-27-40-42(30)33-19-6-11-25-38(33)49(40)39-26-12-7-20-34(39)45-47-43-35-21-8-13-28-41(35)51-44(43)46(48-45)50-36-23-9-4-17-31(36)32-18-5-10-24-37(32)50/h1-28H. The highest BCUT2D eigenvalue weighted by molar-refractivity contribution is 6.16. The van der Waals surface area contributed by atoms with Gasteiger partial charge in [0, 0.05) is 32.5 Å². The van der Waals surface area contributed by atoms with Crippen LogP contribution in [0.2, 0.25) is 0 Å². The summed E-state index contributed by atoms with van der Waals surface area (Å²) in [5, 5.41) is 5.71. The number of hydrogen-bond donors (Lipinski definition) is 0. The van der Waals surface area contributed by atoms with E-state index in [2.05, 4.69) is 161 Å². The molecule has 5 nitrogen and oxygen atoms in total. The molecule has 0 radical (unpaired) electrons. The molecule has 11 rings (SSSR count). The van der Waals surface area contributed by atoms with E-state index in [9.17, 15) is 0 Å². The fourth-order valence-corrected chi connectivity index (χ4v) is 7.99. The van der Waals surface area contributed by atoms with E-state index in [0.717, 1.165) is 60.6 Å². The first-order chi connectivity index (χ1) is 25.3. The number of hydrogen-bond acceptors (Lipinski definition) is 3. The van der Waals surface area contributed by atoms with Gasteiger partial charge in [0.1, 0.15) is 11.1 Å². The minimum atomic E-state index is 0.631. The van der Waals surface area contributed by atoms with Gasteiger partial charge in [-0.1, -0.05) is 121 Å². The Labute approximate surface area is 292 Å². The zero-order chi connectivity index (χ0) is 33.5. The molecule has 0 bridgehead atoms. The van der Waals surface area contributed by atoms with Crippen LogP contribution < -0.4 is 0 Å². The lowest BCUT2D eigenvalue weighted by Crippen LogP contribution is -2.04. The second kappa shape index (κ2) is 10.8. The molecule has 11 aromatic rings. The maximum atomic E-state index is 6.62. The summed E-state index contributed by atoms with van der Waals surface area (Å²) in [6.45, 7) is 0. The van der Waals surface area contributed by atoms with Gasteiger partial charge in [-0.3, -0.25) is 4.57 Å². The largest absolute Gasteiger partial charge is 0.450 e. The van der Waals surface area contributed by atoms with Crippen LogP contribution in [0, 0.1) is 0 Å². The number of aromatic nitrogens is 4. The third-order valence-electron chi connectivity index (χ3n) is 10.2. The number of benzene rings is 7. The van der Waals surface area contributed by atoms with E-state index in [0.29, 0.717) is 17.2 Å². The van der Waals surface area contributed by atoms with Crippen LogP contribution in [0.4, 0.5) is 0 Å². The van der Waals surface area contributed by atoms with E-state index < -0.39 is 0 Å². The van der Waals surface area contributed by atoms with Crippen molar-refractivity contribution in [2.45, 2.75) is 0 Å². The Morgan fingerprint density at radius 1 is 0.412 bits per heavy atom. The van der Waals surface area contributed by atoms with Crippen LogP contribution in [0.1, 0.15) is 0 Å². The zero-order valence-corrected chi connectivity index (χ0v) is 27.4. The molecule has 7 aromatic carbocycles. The minimum absolute atomic E-state index is 0.631. The van der Waals surface area contributed by atoms with Crippen LogP contribution in [-0.4, -0.2) is 19.1 Å². The Balaban J connectivity index is 1.25. The molecule has 0 aliphatic rings. The first-order valence-electron chi connectivity index (χ1n) is 17.2. The van der Waals surface area contributed by atoms with Crippen LogP contribution in [0.3, 0.4) is 0 Å². The predicted molar refractivity (Wildman–Crippen MR) is 209 cm³/mol. The monoisotopic (exact) mass is 652 g/mol. The van der Waals surface area contributed by atoms with Crippen LogP contribution in [0.15, 0.2) is 174 Å². The number of rotatable bonds is 4. The summed E-state index contributed by atoms with van der Waals surface area (Å²) in [4.78, 5) is 10.8. The lowest BCUT2D eigenvalue weighted by molar-refractivity contribution is 0.662. The van der Waals surface area contributed by atoms with Crippen LogP contribution >= 0.6 is 0 Å². The molecular weight excluding hydrogens is 625 g/mol. The maximum Gasteiger partial charge on any atom is 0.197 e. The second-order valence-electron chi connectivity index (χ2n) is 13.0. The molecule has 238 valence electrons. The highest BCUT2D eigenvalue weighted by Gasteiger charge is 2.24. The molecule has 4 aromatic heterocycles. The number of fused-ring (bicyclic) bond motifs is 9. The smallest absolute Gasteiger partial charge is 0.197 e. The van der Waals surface area contributed by atoms with Crippen molar-refractivity contribution in [1.82, 2.24) is 19.1 Å². The Hall–Kier alpha value is -6.98. The molecule has 0 atom stereocenters. The minimum Gasteiger partial charge on any atom is -0.450 e. The van der Waals surface area contributed by atoms with Gasteiger partial charge < -0.3 is 8.98 Å². The van der Waals surface area contributed by atoms with Crippen molar-refractivity contribution in [3.63, 3.8) is 0 Å². The summed E-state index contributed by atoms with van der Waals surface area (Å²) in [7, 11) is 0. The summed E-state index contributed by atoms with van der Waals surface area (Å²) < 4.78 is 11.2. The van der Waals surface area contributed by atoms with Gasteiger partial charge in [0.15, 0.2) is 17.2 Å². The molecule has 0 saturated heterocycles. The first-order valence-corrected chi connectivity index (χ1v) is 17.2. The molecule has 0 N–H and O–H groups in total. The highest BCUT2D eigenvalue weighted by atomic mass is 16.3. The van der Waals surface area contributed by atoms with Gasteiger partial charge in [-0.15, -0.1) is 0 Å². The number of para-hydroxylation sites is 5. The molecule has 0 aliphatic heterocycles. The Morgan fingerprint density at radius 3 is 1.75 bits per heavy atom. The molecule has 0 saturated carbocycles. The summed E-state index contributed by atoms with van der Waals surface area (Å²) in [6.07, 6.45) is 0. The molecule has 0 spiro atoms. The van der Waals surface area contributed by atoms with Crippen molar-refractivity contribution in [3.8, 4) is 34.0 Å². The normalized spacial score (nSPS) is 11.9. The molecule has 0 unspecified atom stereocenters. The Morgan fingerprint density at radius 2 is 0.980 bits per heavy atom. The maximum absolute atomic E-state index is 6.62. The molecule has 0 aliphatic carbocycles. The fraction of sp³-hybridized carbons (Fsp3) is 0. The van der Waals surface area contributed by atoms with Crippen LogP contribution in [0.5, 0.6) is 0 Å². The summed E-state index contributed by atoms with van der Waals surface area (Å²) in [5.41, 5.74) is 10.9. The quantitative estimate of drug-likeness (QED) is 0.190. The third kappa shape index (κ3) is 4.03. The molecule has 5 heteroatoms. The topological polar surface area (TPSA) is 48.8 Å². The van der Waals surface area contributed by atoms with Crippen LogP contribution in [-0.2, 0) is 0 Å². The van der Waals surface area contributed by atoms with Gasteiger partial charge in [0.05, 0.1) is 27.8 Å². The van der Waals surface area contributed by atoms with Crippen molar-refractivity contribution in [2.24, 2.45) is 0 Å². The number of furan rings is 1. The van der Waals surface area contributed by atoms with Gasteiger partial charge >= 0.3 is 0 Å². The van der Waals surface area contributed by atoms with Crippen LogP contribution in [0.25, 0.3) is 99.7 Å². The fourth-order valence-electron chi connectivity index (χ4n) is 7.99. The van der Waals surface area contributed by atoms with Crippen molar-refractivity contribution in [2.75, 3.05) is 0 Å². The molecule has 0 amide bonds. The van der Waals surface area contributed by atoms with Gasteiger partial charge in [0.2, 0.25) is 0 Å². The second-order valence-corrected chi connectivity index (χ2v) is 13.0.